The van der Waals surface area contributed by atoms with Crippen molar-refractivity contribution in [1.29, 1.82) is 0 Å². The van der Waals surface area contributed by atoms with E-state index in [0.29, 0.717) is 16.5 Å². The van der Waals surface area contributed by atoms with Crippen molar-refractivity contribution in [3.63, 3.8) is 0 Å². The van der Waals surface area contributed by atoms with Gasteiger partial charge in [0.05, 0.1) is 16.1 Å². The Balaban J connectivity index is 2.16. The number of halogens is 2. The quantitative estimate of drug-likeness (QED) is 0.758. The van der Waals surface area contributed by atoms with Gasteiger partial charge in [-0.3, -0.25) is 0 Å². The van der Waals surface area contributed by atoms with E-state index in [1.807, 2.05) is 24.3 Å². The van der Waals surface area contributed by atoms with Gasteiger partial charge in [0, 0.05) is 16.2 Å². The number of hydrogen-bond donors (Lipinski definition) is 1. The number of hydrogen-bond acceptors (Lipinski definition) is 2. The fourth-order valence-corrected chi connectivity index (χ4v) is 3.66. The second kappa shape index (κ2) is 4.78. The van der Waals surface area contributed by atoms with Crippen LogP contribution in [-0.4, -0.2) is 5.11 Å². The number of benzene rings is 2. The van der Waals surface area contributed by atoms with Crippen molar-refractivity contribution in [2.24, 2.45) is 0 Å². The Morgan fingerprint density at radius 2 is 1.78 bits per heavy atom. The molecule has 1 aliphatic heterocycles. The molecule has 0 amide bonds. The molecule has 0 saturated heterocycles. The third-order valence-electron chi connectivity index (χ3n) is 3.02. The van der Waals surface area contributed by atoms with Crippen LogP contribution >= 0.6 is 35.0 Å². The second-order valence-corrected chi connectivity index (χ2v) is 6.13. The summed E-state index contributed by atoms with van der Waals surface area (Å²) in [4.78, 5) is 2.13. The van der Waals surface area contributed by atoms with Crippen LogP contribution in [0.1, 0.15) is 17.2 Å². The third kappa shape index (κ3) is 2.14. The van der Waals surface area contributed by atoms with E-state index in [1.165, 1.54) is 0 Å². The first-order valence-electron chi connectivity index (χ1n) is 5.58. The van der Waals surface area contributed by atoms with Gasteiger partial charge in [-0.25, -0.2) is 0 Å². The van der Waals surface area contributed by atoms with Crippen molar-refractivity contribution in [3.8, 4) is 0 Å². The molecule has 0 spiro atoms. The van der Waals surface area contributed by atoms with Gasteiger partial charge in [0.2, 0.25) is 0 Å². The van der Waals surface area contributed by atoms with E-state index < -0.39 is 6.10 Å². The highest BCUT2D eigenvalue weighted by Crippen LogP contribution is 2.43. The first kappa shape index (κ1) is 12.4. The largest absolute Gasteiger partial charge is 0.388 e. The molecule has 92 valence electrons. The Morgan fingerprint density at radius 3 is 2.61 bits per heavy atom. The van der Waals surface area contributed by atoms with Crippen molar-refractivity contribution in [1.82, 2.24) is 0 Å². The summed E-state index contributed by atoms with van der Waals surface area (Å²) in [5, 5.41) is 11.3. The molecule has 1 aliphatic rings. The van der Waals surface area contributed by atoms with Gasteiger partial charge in [-0.05, 0) is 29.3 Å². The lowest BCUT2D eigenvalue weighted by Gasteiger charge is -2.12. The first-order valence-corrected chi connectivity index (χ1v) is 7.15. The highest BCUT2D eigenvalue weighted by molar-refractivity contribution is 7.99. The Labute approximate surface area is 120 Å². The normalized spacial score (nSPS) is 17.8. The van der Waals surface area contributed by atoms with Crippen molar-refractivity contribution >= 4 is 35.0 Å². The topological polar surface area (TPSA) is 20.2 Å². The SMILES string of the molecule is OC1Cc2ccccc2Sc2cc(Cl)c(Cl)cc21. The molecule has 1 nitrogen and oxygen atoms in total. The Hall–Kier alpha value is -0.670. The molecule has 0 saturated carbocycles. The van der Waals surface area contributed by atoms with Crippen LogP contribution in [-0.2, 0) is 6.42 Å². The van der Waals surface area contributed by atoms with Crippen LogP contribution in [0.15, 0.2) is 46.2 Å². The summed E-state index contributed by atoms with van der Waals surface area (Å²) in [7, 11) is 0. The van der Waals surface area contributed by atoms with E-state index in [4.69, 9.17) is 23.2 Å². The fraction of sp³-hybridized carbons (Fsp3) is 0.143. The number of aliphatic hydroxyl groups excluding tert-OH is 1. The molecule has 1 N–H and O–H groups in total. The van der Waals surface area contributed by atoms with Gasteiger partial charge >= 0.3 is 0 Å². The minimum Gasteiger partial charge on any atom is -0.388 e. The van der Waals surface area contributed by atoms with Gasteiger partial charge in [0.1, 0.15) is 0 Å². The van der Waals surface area contributed by atoms with Gasteiger partial charge in [-0.15, -0.1) is 0 Å². The van der Waals surface area contributed by atoms with Crippen LogP contribution in [0.4, 0.5) is 0 Å². The van der Waals surface area contributed by atoms with Gasteiger partial charge < -0.3 is 5.11 Å². The van der Waals surface area contributed by atoms with E-state index in [9.17, 15) is 5.11 Å². The van der Waals surface area contributed by atoms with Crippen LogP contribution in [0.5, 0.6) is 0 Å². The summed E-state index contributed by atoms with van der Waals surface area (Å²) in [6.45, 7) is 0. The Kier molecular flexibility index (Phi) is 3.29. The van der Waals surface area contributed by atoms with Crippen molar-refractivity contribution in [3.05, 3.63) is 57.6 Å². The van der Waals surface area contributed by atoms with Crippen LogP contribution in [0.25, 0.3) is 0 Å². The van der Waals surface area contributed by atoms with Gasteiger partial charge in [-0.2, -0.15) is 0 Å². The molecule has 4 heteroatoms. The molecule has 2 aromatic rings. The summed E-state index contributed by atoms with van der Waals surface area (Å²) < 4.78 is 0. The lowest BCUT2D eigenvalue weighted by molar-refractivity contribution is 0.175. The minimum absolute atomic E-state index is 0.487. The maximum absolute atomic E-state index is 10.3. The Morgan fingerprint density at radius 1 is 1.06 bits per heavy atom. The molecule has 0 aliphatic carbocycles. The molecule has 1 atom stereocenters. The maximum atomic E-state index is 10.3. The smallest absolute Gasteiger partial charge is 0.0842 e. The van der Waals surface area contributed by atoms with Crippen LogP contribution in [0.3, 0.4) is 0 Å². The number of fused-ring (bicyclic) bond motifs is 2. The molecule has 0 radical (unpaired) electrons. The average molecular weight is 297 g/mol. The molecule has 2 aromatic carbocycles. The average Bonchev–Trinajstić information content (AvgIpc) is 2.47. The summed E-state index contributed by atoms with van der Waals surface area (Å²) in [6, 6.07) is 11.7. The maximum Gasteiger partial charge on any atom is 0.0842 e. The zero-order valence-corrected chi connectivity index (χ0v) is 11.7. The molecule has 0 bridgehead atoms. The highest BCUT2D eigenvalue weighted by Gasteiger charge is 2.22. The second-order valence-electron chi connectivity index (χ2n) is 4.23. The van der Waals surface area contributed by atoms with Crippen molar-refractivity contribution in [2.45, 2.75) is 22.3 Å². The van der Waals surface area contributed by atoms with Crippen LogP contribution in [0, 0.1) is 0 Å². The van der Waals surface area contributed by atoms with E-state index >= 15 is 0 Å². The van der Waals surface area contributed by atoms with Gasteiger partial charge in [0.25, 0.3) is 0 Å². The van der Waals surface area contributed by atoms with E-state index in [-0.39, 0.29) is 0 Å². The van der Waals surface area contributed by atoms with Gasteiger partial charge in [-0.1, -0.05) is 53.2 Å². The van der Waals surface area contributed by atoms with Crippen molar-refractivity contribution < 1.29 is 5.11 Å². The summed E-state index contributed by atoms with van der Waals surface area (Å²) >= 11 is 13.7. The zero-order valence-electron chi connectivity index (χ0n) is 9.36. The molecule has 18 heavy (non-hydrogen) atoms. The van der Waals surface area contributed by atoms with E-state index in [0.717, 1.165) is 20.9 Å². The van der Waals surface area contributed by atoms with E-state index in [2.05, 4.69) is 6.07 Å². The molecular weight excluding hydrogens is 287 g/mol. The third-order valence-corrected chi connectivity index (χ3v) is 4.93. The fourth-order valence-electron chi connectivity index (χ4n) is 2.10. The lowest BCUT2D eigenvalue weighted by Crippen LogP contribution is -2.01. The minimum atomic E-state index is -0.536. The molecule has 1 unspecified atom stereocenters. The molecule has 0 fully saturated rings. The van der Waals surface area contributed by atoms with E-state index in [1.54, 1.807) is 17.8 Å². The predicted octanol–water partition coefficient (Wildman–Crippen LogP) is 4.73. The van der Waals surface area contributed by atoms with Crippen LogP contribution in [0.2, 0.25) is 10.0 Å². The predicted molar refractivity (Wildman–Crippen MR) is 75.7 cm³/mol. The first-order chi connectivity index (χ1) is 8.65. The van der Waals surface area contributed by atoms with Gasteiger partial charge in [0.15, 0.2) is 0 Å². The Bertz CT molecular complexity index is 613. The summed E-state index contributed by atoms with van der Waals surface area (Å²) in [5.41, 5.74) is 2.00. The zero-order chi connectivity index (χ0) is 12.7. The standard InChI is InChI=1S/C14H10Cl2OS/c15-10-6-9-12(17)5-8-3-1-2-4-13(8)18-14(9)7-11(10)16/h1-4,6-7,12,17H,5H2. The lowest BCUT2D eigenvalue weighted by atomic mass is 10.0. The molecule has 1 heterocycles. The highest BCUT2D eigenvalue weighted by atomic mass is 35.5. The monoisotopic (exact) mass is 296 g/mol. The number of rotatable bonds is 0. The molecule has 0 aromatic heterocycles. The summed E-state index contributed by atoms with van der Waals surface area (Å²) in [5.74, 6) is 0. The number of aliphatic hydroxyl groups is 1. The molecular formula is C14H10Cl2OS. The van der Waals surface area contributed by atoms with Crippen LogP contribution < -0.4 is 0 Å². The molecule has 3 rings (SSSR count). The summed E-state index contributed by atoms with van der Waals surface area (Å²) in [6.07, 6.45) is 0.0691. The van der Waals surface area contributed by atoms with Crippen molar-refractivity contribution in [2.75, 3.05) is 0 Å².